The average molecular weight is 233 g/mol. The van der Waals surface area contributed by atoms with Crippen LogP contribution >= 0.6 is 11.3 Å². The van der Waals surface area contributed by atoms with Crippen LogP contribution in [0.4, 0.5) is 0 Å². The van der Waals surface area contributed by atoms with Gasteiger partial charge in [0.05, 0.1) is 0 Å². The molecule has 3 nitrogen and oxygen atoms in total. The van der Waals surface area contributed by atoms with Crippen LogP contribution < -0.4 is 0 Å². The minimum absolute atomic E-state index is 0.564. The average Bonchev–Trinajstić information content (AvgIpc) is 2.90. The molecule has 1 aliphatic heterocycles. The molecule has 0 amide bonds. The van der Waals surface area contributed by atoms with Gasteiger partial charge in [0.15, 0.2) is 0 Å². The van der Waals surface area contributed by atoms with E-state index in [1.54, 1.807) is 11.3 Å². The van der Waals surface area contributed by atoms with Crippen LogP contribution in [-0.2, 0) is 12.8 Å². The topological polar surface area (TPSA) is 30.7 Å². The van der Waals surface area contributed by atoms with Gasteiger partial charge in [-0.3, -0.25) is 0 Å². The molecular weight excluding hydrogens is 218 g/mol. The van der Waals surface area contributed by atoms with E-state index in [0.717, 1.165) is 18.7 Å². The van der Waals surface area contributed by atoms with Crippen molar-refractivity contribution in [1.82, 2.24) is 14.8 Å². The largest absolute Gasteiger partial charge is 0.312 e. The molecule has 0 saturated carbocycles. The zero-order valence-electron chi connectivity index (χ0n) is 9.39. The van der Waals surface area contributed by atoms with E-state index in [0.29, 0.717) is 6.04 Å². The van der Waals surface area contributed by atoms with Gasteiger partial charge in [-0.2, -0.15) is 0 Å². The fourth-order valence-electron chi connectivity index (χ4n) is 2.41. The van der Waals surface area contributed by atoms with Crippen LogP contribution in [0.15, 0.2) is 17.5 Å². The first-order valence-corrected chi connectivity index (χ1v) is 6.67. The van der Waals surface area contributed by atoms with Crippen LogP contribution in [0, 0.1) is 0 Å². The van der Waals surface area contributed by atoms with Gasteiger partial charge in [-0.1, -0.05) is 6.07 Å². The Labute approximate surface area is 99.1 Å². The Kier molecular flexibility index (Phi) is 2.52. The Morgan fingerprint density at radius 2 is 2.44 bits per heavy atom. The van der Waals surface area contributed by atoms with Gasteiger partial charge in [0.1, 0.15) is 11.6 Å². The molecule has 3 rings (SSSR count). The van der Waals surface area contributed by atoms with E-state index >= 15 is 0 Å². The Bertz CT molecular complexity index is 472. The number of aromatic nitrogens is 3. The van der Waals surface area contributed by atoms with Crippen molar-refractivity contribution in [2.45, 2.75) is 38.6 Å². The van der Waals surface area contributed by atoms with Crippen molar-refractivity contribution in [3.05, 3.63) is 34.0 Å². The number of hydrogen-bond donors (Lipinski definition) is 0. The lowest BCUT2D eigenvalue weighted by Crippen LogP contribution is -2.17. The molecule has 2 aromatic rings. The molecule has 0 radical (unpaired) electrons. The van der Waals surface area contributed by atoms with Crippen LogP contribution in [0.3, 0.4) is 0 Å². The SMILES string of the molecule is CC1CCCc2nnc(Cc3cccs3)n21. The number of aryl methyl sites for hydroxylation is 1. The van der Waals surface area contributed by atoms with E-state index in [9.17, 15) is 0 Å². The summed E-state index contributed by atoms with van der Waals surface area (Å²) in [6.07, 6.45) is 4.51. The van der Waals surface area contributed by atoms with Crippen molar-refractivity contribution < 1.29 is 0 Å². The third-order valence-corrected chi connectivity index (χ3v) is 4.09. The Morgan fingerprint density at radius 1 is 1.50 bits per heavy atom. The Morgan fingerprint density at radius 3 is 3.25 bits per heavy atom. The second kappa shape index (κ2) is 4.01. The van der Waals surface area contributed by atoms with Crippen molar-refractivity contribution in [2.75, 3.05) is 0 Å². The lowest BCUT2D eigenvalue weighted by molar-refractivity contribution is 0.416. The highest BCUT2D eigenvalue weighted by molar-refractivity contribution is 7.09. The maximum Gasteiger partial charge on any atom is 0.138 e. The second-order valence-electron chi connectivity index (χ2n) is 4.40. The fourth-order valence-corrected chi connectivity index (χ4v) is 3.12. The van der Waals surface area contributed by atoms with Gasteiger partial charge in [0.2, 0.25) is 0 Å². The van der Waals surface area contributed by atoms with E-state index in [4.69, 9.17) is 0 Å². The van der Waals surface area contributed by atoms with E-state index in [1.165, 1.54) is 23.5 Å². The summed E-state index contributed by atoms with van der Waals surface area (Å²) in [7, 11) is 0. The Hall–Kier alpha value is -1.16. The molecular formula is C12H15N3S. The molecule has 0 N–H and O–H groups in total. The normalized spacial score (nSPS) is 19.7. The lowest BCUT2D eigenvalue weighted by atomic mass is 10.1. The zero-order chi connectivity index (χ0) is 11.0. The smallest absolute Gasteiger partial charge is 0.138 e. The molecule has 1 aliphatic rings. The number of fused-ring (bicyclic) bond motifs is 1. The van der Waals surface area contributed by atoms with Gasteiger partial charge in [-0.05, 0) is 31.2 Å². The highest BCUT2D eigenvalue weighted by atomic mass is 32.1. The number of hydrogen-bond acceptors (Lipinski definition) is 3. The summed E-state index contributed by atoms with van der Waals surface area (Å²) in [4.78, 5) is 1.37. The van der Waals surface area contributed by atoms with Crippen LogP contribution in [-0.4, -0.2) is 14.8 Å². The first kappa shape index (κ1) is 10.0. The molecule has 0 fully saturated rings. The predicted molar refractivity (Wildman–Crippen MR) is 64.8 cm³/mol. The molecule has 84 valence electrons. The van der Waals surface area contributed by atoms with Gasteiger partial charge in [0, 0.05) is 23.8 Å². The van der Waals surface area contributed by atoms with Crippen LogP contribution in [0.1, 0.15) is 42.3 Å². The summed E-state index contributed by atoms with van der Waals surface area (Å²) in [6.45, 7) is 2.27. The van der Waals surface area contributed by atoms with Gasteiger partial charge in [0.25, 0.3) is 0 Å². The molecule has 0 saturated heterocycles. The van der Waals surface area contributed by atoms with Crippen LogP contribution in [0.25, 0.3) is 0 Å². The lowest BCUT2D eigenvalue weighted by Gasteiger charge is -2.22. The summed E-state index contributed by atoms with van der Waals surface area (Å²) in [5.74, 6) is 2.30. The summed E-state index contributed by atoms with van der Waals surface area (Å²) < 4.78 is 2.34. The Balaban J connectivity index is 1.93. The first-order valence-electron chi connectivity index (χ1n) is 5.79. The van der Waals surface area contributed by atoms with Crippen LogP contribution in [0.5, 0.6) is 0 Å². The number of nitrogens with zero attached hydrogens (tertiary/aromatic N) is 3. The molecule has 1 unspecified atom stereocenters. The highest BCUT2D eigenvalue weighted by Crippen LogP contribution is 2.26. The first-order chi connectivity index (χ1) is 7.84. The molecule has 1 atom stereocenters. The maximum atomic E-state index is 4.34. The van der Waals surface area contributed by atoms with Crippen molar-refractivity contribution in [3.63, 3.8) is 0 Å². The maximum absolute atomic E-state index is 4.34. The molecule has 16 heavy (non-hydrogen) atoms. The highest BCUT2D eigenvalue weighted by Gasteiger charge is 2.21. The molecule has 0 bridgehead atoms. The molecule has 2 aromatic heterocycles. The minimum atomic E-state index is 0.564. The summed E-state index contributed by atoms with van der Waals surface area (Å²) in [5.41, 5.74) is 0. The minimum Gasteiger partial charge on any atom is -0.312 e. The summed E-state index contributed by atoms with van der Waals surface area (Å²) in [6, 6.07) is 4.82. The van der Waals surface area contributed by atoms with Crippen molar-refractivity contribution >= 4 is 11.3 Å². The van der Waals surface area contributed by atoms with Gasteiger partial charge in [-0.15, -0.1) is 21.5 Å². The van der Waals surface area contributed by atoms with Gasteiger partial charge < -0.3 is 4.57 Å². The monoisotopic (exact) mass is 233 g/mol. The van der Waals surface area contributed by atoms with Crippen LogP contribution in [0.2, 0.25) is 0 Å². The van der Waals surface area contributed by atoms with Crippen molar-refractivity contribution in [1.29, 1.82) is 0 Å². The number of rotatable bonds is 2. The zero-order valence-corrected chi connectivity index (χ0v) is 10.2. The quantitative estimate of drug-likeness (QED) is 0.798. The van der Waals surface area contributed by atoms with Crippen molar-refractivity contribution in [2.24, 2.45) is 0 Å². The third-order valence-electron chi connectivity index (χ3n) is 3.21. The van der Waals surface area contributed by atoms with Crippen molar-refractivity contribution in [3.8, 4) is 0 Å². The fraction of sp³-hybridized carbons (Fsp3) is 0.500. The molecule has 4 heteroatoms. The summed E-state index contributed by atoms with van der Waals surface area (Å²) >= 11 is 1.79. The van der Waals surface area contributed by atoms with E-state index in [2.05, 4.69) is 39.2 Å². The molecule has 0 aliphatic carbocycles. The third kappa shape index (κ3) is 1.67. The molecule has 0 spiro atoms. The van der Waals surface area contributed by atoms with Gasteiger partial charge >= 0.3 is 0 Å². The van der Waals surface area contributed by atoms with E-state index in [-0.39, 0.29) is 0 Å². The predicted octanol–water partition coefficient (Wildman–Crippen LogP) is 2.83. The second-order valence-corrected chi connectivity index (χ2v) is 5.43. The van der Waals surface area contributed by atoms with E-state index < -0.39 is 0 Å². The van der Waals surface area contributed by atoms with Gasteiger partial charge in [-0.25, -0.2) is 0 Å². The standard InChI is InChI=1S/C12H15N3S/c1-9-4-2-6-11-13-14-12(15(9)11)8-10-5-3-7-16-10/h3,5,7,9H,2,4,6,8H2,1H3. The number of thiophene rings is 1. The molecule has 0 aromatic carbocycles. The van der Waals surface area contributed by atoms with E-state index in [1.807, 2.05) is 0 Å². The molecule has 3 heterocycles. The summed E-state index contributed by atoms with van der Waals surface area (Å²) in [5, 5.41) is 10.8.